The second-order valence-corrected chi connectivity index (χ2v) is 11.0. The van der Waals surface area contributed by atoms with Crippen LogP contribution in [-0.2, 0) is 18.6 Å². The number of H-pyrrole nitrogens is 1. The fraction of sp³-hybridized carbons (Fsp3) is 0.467. The standard InChI is InChI=1S/C30H36N6O/c1-22-11-10-14-24-19-25(28(37)31-27(22)24)21-35(20-23-12-4-2-5-13-23)30(17-8-9-18-30)29-32-33-34-36(29)26-15-6-3-7-16-26/h2,4-5,10-14,19,26H,3,6-9,15-18,20-21H2,1H3,(H,31,37). The molecule has 2 fully saturated rings. The molecule has 0 aliphatic heterocycles. The Hall–Kier alpha value is -3.32. The third-order valence-corrected chi connectivity index (χ3v) is 8.61. The molecule has 4 aromatic rings. The smallest absolute Gasteiger partial charge is 0.252 e. The first-order valence-electron chi connectivity index (χ1n) is 13.8. The predicted molar refractivity (Wildman–Crippen MR) is 145 cm³/mol. The molecule has 7 heteroatoms. The Kier molecular flexibility index (Phi) is 6.63. The molecular formula is C30H36N6O. The highest BCUT2D eigenvalue weighted by atomic mass is 16.1. The van der Waals surface area contributed by atoms with Crippen LogP contribution < -0.4 is 5.56 Å². The summed E-state index contributed by atoms with van der Waals surface area (Å²) >= 11 is 0. The van der Waals surface area contributed by atoms with Gasteiger partial charge in [-0.05, 0) is 65.6 Å². The molecule has 0 bridgehead atoms. The normalized spacial score (nSPS) is 18.1. The van der Waals surface area contributed by atoms with E-state index in [0.29, 0.717) is 12.6 Å². The SMILES string of the molecule is Cc1cccc2cc(CN(Cc3ccccc3)C3(c4nnnn4C4CCCCC4)CCCC3)c(=O)[nH]c12. The summed E-state index contributed by atoms with van der Waals surface area (Å²) in [6.07, 6.45) is 10.3. The van der Waals surface area contributed by atoms with Crippen LogP contribution in [0.2, 0.25) is 0 Å². The van der Waals surface area contributed by atoms with Crippen molar-refractivity contribution in [3.05, 3.63) is 87.5 Å². The first-order valence-corrected chi connectivity index (χ1v) is 13.8. The lowest BCUT2D eigenvalue weighted by Crippen LogP contribution is -2.46. The zero-order valence-corrected chi connectivity index (χ0v) is 21.7. The molecule has 2 aliphatic rings. The number of para-hydroxylation sites is 1. The minimum atomic E-state index is -0.301. The van der Waals surface area contributed by atoms with Gasteiger partial charge in [0.15, 0.2) is 5.82 Å². The third-order valence-electron chi connectivity index (χ3n) is 8.61. The first kappa shape index (κ1) is 24.0. The summed E-state index contributed by atoms with van der Waals surface area (Å²) in [5.74, 6) is 0.987. The Labute approximate surface area is 217 Å². The highest BCUT2D eigenvalue weighted by Gasteiger charge is 2.46. The van der Waals surface area contributed by atoms with Crippen LogP contribution in [0.25, 0.3) is 10.9 Å². The van der Waals surface area contributed by atoms with Crippen LogP contribution in [-0.4, -0.2) is 30.1 Å². The maximum atomic E-state index is 13.4. The number of benzene rings is 2. The molecule has 37 heavy (non-hydrogen) atoms. The van der Waals surface area contributed by atoms with Crippen LogP contribution in [0.5, 0.6) is 0 Å². The number of aromatic nitrogens is 5. The number of pyridine rings is 1. The van der Waals surface area contributed by atoms with Crippen LogP contribution >= 0.6 is 0 Å². The van der Waals surface area contributed by atoms with E-state index in [0.717, 1.165) is 72.9 Å². The summed E-state index contributed by atoms with van der Waals surface area (Å²) < 4.78 is 2.15. The van der Waals surface area contributed by atoms with Gasteiger partial charge in [-0.15, -0.1) is 5.10 Å². The number of nitrogens with one attached hydrogen (secondary N) is 1. The highest BCUT2D eigenvalue weighted by Crippen LogP contribution is 2.45. The van der Waals surface area contributed by atoms with E-state index in [2.05, 4.69) is 73.5 Å². The molecule has 2 saturated carbocycles. The van der Waals surface area contributed by atoms with E-state index in [1.54, 1.807) is 0 Å². The van der Waals surface area contributed by atoms with Gasteiger partial charge < -0.3 is 4.98 Å². The summed E-state index contributed by atoms with van der Waals surface area (Å²) in [4.78, 5) is 19.0. The van der Waals surface area contributed by atoms with Crippen LogP contribution in [0, 0.1) is 6.92 Å². The molecule has 2 aromatic heterocycles. The number of nitrogens with zero attached hydrogens (tertiary/aromatic N) is 5. The molecule has 2 aliphatic carbocycles. The van der Waals surface area contributed by atoms with Crippen LogP contribution in [0.15, 0.2) is 59.4 Å². The lowest BCUT2D eigenvalue weighted by atomic mass is 9.90. The van der Waals surface area contributed by atoms with Crippen molar-refractivity contribution in [1.29, 1.82) is 0 Å². The molecule has 0 spiro atoms. The van der Waals surface area contributed by atoms with Gasteiger partial charge in [0, 0.05) is 18.7 Å². The maximum Gasteiger partial charge on any atom is 0.252 e. The zero-order valence-electron chi connectivity index (χ0n) is 21.7. The largest absolute Gasteiger partial charge is 0.321 e. The van der Waals surface area contributed by atoms with E-state index >= 15 is 0 Å². The van der Waals surface area contributed by atoms with E-state index in [1.165, 1.54) is 24.8 Å². The Morgan fingerprint density at radius 3 is 2.54 bits per heavy atom. The Balaban J connectivity index is 1.44. The van der Waals surface area contributed by atoms with E-state index in [4.69, 9.17) is 5.10 Å². The predicted octanol–water partition coefficient (Wildman–Crippen LogP) is 5.80. The van der Waals surface area contributed by atoms with Gasteiger partial charge in [0.1, 0.15) is 0 Å². The zero-order chi connectivity index (χ0) is 25.2. The summed E-state index contributed by atoms with van der Waals surface area (Å²) in [7, 11) is 0. The molecule has 1 N–H and O–H groups in total. The summed E-state index contributed by atoms with van der Waals surface area (Å²) in [6, 6.07) is 19.2. The molecular weight excluding hydrogens is 460 g/mol. The lowest BCUT2D eigenvalue weighted by molar-refractivity contribution is 0.0563. The number of hydrogen-bond donors (Lipinski definition) is 1. The molecule has 0 unspecified atom stereocenters. The molecule has 0 amide bonds. The van der Waals surface area contributed by atoms with Crippen LogP contribution in [0.4, 0.5) is 0 Å². The highest BCUT2D eigenvalue weighted by molar-refractivity contribution is 5.81. The Morgan fingerprint density at radius 2 is 1.76 bits per heavy atom. The van der Waals surface area contributed by atoms with Gasteiger partial charge in [0.25, 0.3) is 5.56 Å². The lowest BCUT2D eigenvalue weighted by Gasteiger charge is -2.41. The van der Waals surface area contributed by atoms with Gasteiger partial charge >= 0.3 is 0 Å². The quantitative estimate of drug-likeness (QED) is 0.350. The average molecular weight is 497 g/mol. The molecule has 2 aromatic carbocycles. The van der Waals surface area contributed by atoms with Crippen molar-refractivity contribution in [3.63, 3.8) is 0 Å². The van der Waals surface area contributed by atoms with Gasteiger partial charge in [-0.25, -0.2) is 4.68 Å². The molecule has 7 nitrogen and oxygen atoms in total. The first-order chi connectivity index (χ1) is 18.1. The molecule has 0 atom stereocenters. The summed E-state index contributed by atoms with van der Waals surface area (Å²) in [5, 5.41) is 14.6. The van der Waals surface area contributed by atoms with Gasteiger partial charge in [-0.2, -0.15) is 0 Å². The fourth-order valence-electron chi connectivity index (χ4n) is 6.63. The minimum absolute atomic E-state index is 0.0140. The minimum Gasteiger partial charge on any atom is -0.321 e. The number of rotatable bonds is 7. The van der Waals surface area contributed by atoms with Crippen molar-refractivity contribution in [2.24, 2.45) is 0 Å². The van der Waals surface area contributed by atoms with Crippen molar-refractivity contribution in [1.82, 2.24) is 30.1 Å². The Morgan fingerprint density at radius 1 is 0.973 bits per heavy atom. The van der Waals surface area contributed by atoms with Gasteiger partial charge in [0.2, 0.25) is 0 Å². The number of aromatic amines is 1. The number of tetrazole rings is 1. The van der Waals surface area contributed by atoms with Gasteiger partial charge in [0.05, 0.1) is 17.1 Å². The van der Waals surface area contributed by atoms with Crippen molar-refractivity contribution >= 4 is 10.9 Å². The number of fused-ring (bicyclic) bond motifs is 1. The van der Waals surface area contributed by atoms with E-state index in [1.807, 2.05) is 13.0 Å². The molecule has 2 heterocycles. The molecule has 192 valence electrons. The van der Waals surface area contributed by atoms with E-state index < -0.39 is 0 Å². The third kappa shape index (κ3) is 4.61. The topological polar surface area (TPSA) is 79.7 Å². The Bertz CT molecular complexity index is 1410. The van der Waals surface area contributed by atoms with Gasteiger partial charge in [-0.1, -0.05) is 80.6 Å². The second-order valence-electron chi connectivity index (χ2n) is 11.0. The van der Waals surface area contributed by atoms with Crippen molar-refractivity contribution in [2.75, 3.05) is 0 Å². The van der Waals surface area contributed by atoms with E-state index in [-0.39, 0.29) is 11.1 Å². The van der Waals surface area contributed by atoms with Crippen molar-refractivity contribution in [3.8, 4) is 0 Å². The van der Waals surface area contributed by atoms with E-state index in [9.17, 15) is 4.79 Å². The van der Waals surface area contributed by atoms with Gasteiger partial charge in [-0.3, -0.25) is 9.69 Å². The van der Waals surface area contributed by atoms with Crippen LogP contribution in [0.1, 0.15) is 86.3 Å². The summed E-state index contributed by atoms with van der Waals surface area (Å²) in [6.45, 7) is 3.33. The molecule has 0 radical (unpaired) electrons. The fourth-order valence-corrected chi connectivity index (χ4v) is 6.63. The number of aryl methyl sites for hydroxylation is 1. The molecule has 0 saturated heterocycles. The monoisotopic (exact) mass is 496 g/mol. The maximum absolute atomic E-state index is 13.4. The van der Waals surface area contributed by atoms with Crippen molar-refractivity contribution in [2.45, 2.75) is 89.4 Å². The molecule has 6 rings (SSSR count). The average Bonchev–Trinajstić information content (AvgIpc) is 3.61. The number of hydrogen-bond acceptors (Lipinski definition) is 5. The van der Waals surface area contributed by atoms with Crippen molar-refractivity contribution < 1.29 is 0 Å². The summed E-state index contributed by atoms with van der Waals surface area (Å²) in [5.41, 5.74) is 3.71. The van der Waals surface area contributed by atoms with Crippen LogP contribution in [0.3, 0.4) is 0 Å². The second kappa shape index (κ2) is 10.2.